The van der Waals surface area contributed by atoms with E-state index in [4.69, 9.17) is 5.73 Å². The van der Waals surface area contributed by atoms with Crippen LogP contribution in [-0.4, -0.2) is 55.1 Å². The zero-order chi connectivity index (χ0) is 13.9. The van der Waals surface area contributed by atoms with Gasteiger partial charge in [-0.3, -0.25) is 0 Å². The molecule has 108 valence electrons. The third-order valence-corrected chi connectivity index (χ3v) is 5.08. The third kappa shape index (κ3) is 3.47. The lowest BCUT2D eigenvalue weighted by Crippen LogP contribution is -2.47. The first-order chi connectivity index (χ1) is 9.05. The number of hydrogen-bond acceptors (Lipinski definition) is 4. The summed E-state index contributed by atoms with van der Waals surface area (Å²) in [4.78, 5) is 4.90. The maximum atomic E-state index is 9.25. The fourth-order valence-corrected chi connectivity index (χ4v) is 3.65. The monoisotopic (exact) mass is 264 g/mol. The Morgan fingerprint density at radius 3 is 2.84 bits per heavy atom. The number of likely N-dealkylation sites (tertiary alicyclic amines) is 1. The van der Waals surface area contributed by atoms with Crippen molar-refractivity contribution in [3.63, 3.8) is 0 Å². The number of nitrogens with zero attached hydrogens (tertiary/aromatic N) is 3. The van der Waals surface area contributed by atoms with Gasteiger partial charge in [0.2, 0.25) is 0 Å². The molecule has 2 fully saturated rings. The number of likely N-dealkylation sites (N-methyl/N-ethyl adjacent to an activating group) is 1. The van der Waals surface area contributed by atoms with Crippen LogP contribution in [0.4, 0.5) is 0 Å². The summed E-state index contributed by atoms with van der Waals surface area (Å²) in [5.74, 6) is 0.400. The van der Waals surface area contributed by atoms with E-state index in [1.54, 1.807) is 0 Å². The first-order valence-electron chi connectivity index (χ1n) is 7.64. The molecule has 19 heavy (non-hydrogen) atoms. The molecule has 1 heterocycles. The predicted molar refractivity (Wildman–Crippen MR) is 77.6 cm³/mol. The smallest absolute Gasteiger partial charge is 0.107 e. The van der Waals surface area contributed by atoms with Crippen LogP contribution in [0.25, 0.3) is 0 Å². The highest BCUT2D eigenvalue weighted by Crippen LogP contribution is 2.35. The van der Waals surface area contributed by atoms with E-state index >= 15 is 0 Å². The SMILES string of the molecule is CN(C)C1CCCN(CCC2CCCC2(N)C#N)C1. The van der Waals surface area contributed by atoms with Crippen molar-refractivity contribution in [3.8, 4) is 6.07 Å². The first kappa shape index (κ1) is 14.8. The Hall–Kier alpha value is -0.630. The van der Waals surface area contributed by atoms with Crippen LogP contribution in [0, 0.1) is 17.2 Å². The van der Waals surface area contributed by atoms with Gasteiger partial charge < -0.3 is 15.5 Å². The van der Waals surface area contributed by atoms with E-state index in [9.17, 15) is 5.26 Å². The largest absolute Gasteiger partial charge is 0.313 e. The van der Waals surface area contributed by atoms with E-state index in [1.165, 1.54) is 25.9 Å². The Bertz CT molecular complexity index is 336. The van der Waals surface area contributed by atoms with Crippen molar-refractivity contribution in [2.45, 2.75) is 50.1 Å². The summed E-state index contributed by atoms with van der Waals surface area (Å²) >= 11 is 0. The molecule has 0 radical (unpaired) electrons. The molecular formula is C15H28N4. The Morgan fingerprint density at radius 1 is 1.37 bits per heavy atom. The van der Waals surface area contributed by atoms with Crippen molar-refractivity contribution in [3.05, 3.63) is 0 Å². The van der Waals surface area contributed by atoms with Crippen molar-refractivity contribution >= 4 is 0 Å². The second-order valence-corrected chi connectivity index (χ2v) is 6.59. The van der Waals surface area contributed by atoms with E-state index in [2.05, 4.69) is 30.0 Å². The van der Waals surface area contributed by atoms with Gasteiger partial charge >= 0.3 is 0 Å². The zero-order valence-electron chi connectivity index (χ0n) is 12.4. The summed E-state index contributed by atoms with van der Waals surface area (Å²) in [6.07, 6.45) is 6.83. The summed E-state index contributed by atoms with van der Waals surface area (Å²) < 4.78 is 0. The highest BCUT2D eigenvalue weighted by molar-refractivity contribution is 5.12. The standard InChI is InChI=1S/C15H28N4/c1-18(2)14-6-4-9-19(11-14)10-7-13-5-3-8-15(13,17)12-16/h13-14H,3-11,17H2,1-2H3. The van der Waals surface area contributed by atoms with Crippen LogP contribution in [0.1, 0.15) is 38.5 Å². The van der Waals surface area contributed by atoms with Gasteiger partial charge in [-0.05, 0) is 65.2 Å². The van der Waals surface area contributed by atoms with Crippen LogP contribution in [-0.2, 0) is 0 Å². The van der Waals surface area contributed by atoms with Gasteiger partial charge in [0.15, 0.2) is 0 Å². The minimum Gasteiger partial charge on any atom is -0.313 e. The van der Waals surface area contributed by atoms with Crippen LogP contribution < -0.4 is 5.73 Å². The normalized spacial score (nSPS) is 36.6. The molecule has 2 N–H and O–H groups in total. The summed E-state index contributed by atoms with van der Waals surface area (Å²) in [7, 11) is 4.34. The molecule has 2 rings (SSSR count). The molecule has 1 saturated carbocycles. The molecule has 3 atom stereocenters. The molecule has 0 amide bonds. The highest BCUT2D eigenvalue weighted by atomic mass is 15.2. The second kappa shape index (κ2) is 6.21. The van der Waals surface area contributed by atoms with Crippen LogP contribution in [0.5, 0.6) is 0 Å². The lowest BCUT2D eigenvalue weighted by atomic mass is 9.86. The summed E-state index contributed by atoms with van der Waals surface area (Å²) in [5.41, 5.74) is 5.66. The van der Waals surface area contributed by atoms with Crippen LogP contribution in [0.2, 0.25) is 0 Å². The Labute approximate surface area is 117 Å². The maximum absolute atomic E-state index is 9.25. The predicted octanol–water partition coefficient (Wildman–Crippen LogP) is 1.42. The molecule has 0 aromatic heterocycles. The van der Waals surface area contributed by atoms with Gasteiger partial charge in [-0.15, -0.1) is 0 Å². The lowest BCUT2D eigenvalue weighted by molar-refractivity contribution is 0.125. The third-order valence-electron chi connectivity index (χ3n) is 5.08. The van der Waals surface area contributed by atoms with Crippen molar-refractivity contribution in [2.24, 2.45) is 11.7 Å². The second-order valence-electron chi connectivity index (χ2n) is 6.59. The Morgan fingerprint density at radius 2 is 2.16 bits per heavy atom. The van der Waals surface area contributed by atoms with Gasteiger partial charge in [-0.1, -0.05) is 6.42 Å². The van der Waals surface area contributed by atoms with Gasteiger partial charge in [-0.2, -0.15) is 5.26 Å². The van der Waals surface area contributed by atoms with E-state index in [0.717, 1.165) is 32.2 Å². The fourth-order valence-electron chi connectivity index (χ4n) is 3.65. The number of rotatable bonds is 4. The van der Waals surface area contributed by atoms with Crippen LogP contribution in [0.15, 0.2) is 0 Å². The molecule has 0 aromatic rings. The maximum Gasteiger partial charge on any atom is 0.107 e. The van der Waals surface area contributed by atoms with E-state index < -0.39 is 5.54 Å². The molecule has 1 aliphatic carbocycles. The average molecular weight is 264 g/mol. The van der Waals surface area contributed by atoms with Gasteiger partial charge in [0.1, 0.15) is 5.54 Å². The number of piperidine rings is 1. The number of nitriles is 1. The van der Waals surface area contributed by atoms with Crippen molar-refractivity contribution in [1.29, 1.82) is 5.26 Å². The first-order valence-corrected chi connectivity index (χ1v) is 7.64. The molecule has 1 aliphatic heterocycles. The van der Waals surface area contributed by atoms with Gasteiger partial charge in [0.05, 0.1) is 6.07 Å². The summed E-state index contributed by atoms with van der Waals surface area (Å²) in [6, 6.07) is 3.05. The molecule has 4 nitrogen and oxygen atoms in total. The van der Waals surface area contributed by atoms with Gasteiger partial charge in [0.25, 0.3) is 0 Å². The topological polar surface area (TPSA) is 56.3 Å². The van der Waals surface area contributed by atoms with Gasteiger partial charge in [0, 0.05) is 12.6 Å². The molecule has 2 aliphatic rings. The summed E-state index contributed by atoms with van der Waals surface area (Å²) in [5, 5.41) is 9.25. The van der Waals surface area contributed by atoms with Crippen molar-refractivity contribution in [1.82, 2.24) is 9.80 Å². The highest BCUT2D eigenvalue weighted by Gasteiger charge is 2.39. The average Bonchev–Trinajstić information content (AvgIpc) is 2.79. The molecule has 0 bridgehead atoms. The zero-order valence-corrected chi connectivity index (χ0v) is 12.4. The van der Waals surface area contributed by atoms with E-state index in [1.807, 2.05) is 0 Å². The van der Waals surface area contributed by atoms with Crippen molar-refractivity contribution < 1.29 is 0 Å². The van der Waals surface area contributed by atoms with Crippen molar-refractivity contribution in [2.75, 3.05) is 33.7 Å². The minimum absolute atomic E-state index is 0.400. The number of nitrogens with two attached hydrogens (primary N) is 1. The lowest BCUT2D eigenvalue weighted by Gasteiger charge is -2.37. The molecule has 0 aromatic carbocycles. The van der Waals surface area contributed by atoms with E-state index in [0.29, 0.717) is 12.0 Å². The van der Waals surface area contributed by atoms with Gasteiger partial charge in [-0.25, -0.2) is 0 Å². The molecular weight excluding hydrogens is 236 g/mol. The molecule has 4 heteroatoms. The quantitative estimate of drug-likeness (QED) is 0.834. The molecule has 0 spiro atoms. The molecule has 3 unspecified atom stereocenters. The Kier molecular flexibility index (Phi) is 4.83. The van der Waals surface area contributed by atoms with Crippen LogP contribution in [0.3, 0.4) is 0 Å². The minimum atomic E-state index is -0.545. The molecule has 1 saturated heterocycles. The Balaban J connectivity index is 1.81. The fraction of sp³-hybridized carbons (Fsp3) is 0.933. The van der Waals surface area contributed by atoms with Crippen LogP contribution >= 0.6 is 0 Å². The summed E-state index contributed by atoms with van der Waals surface area (Å²) in [6.45, 7) is 3.49. The van der Waals surface area contributed by atoms with E-state index in [-0.39, 0.29) is 0 Å². The number of hydrogen-bond donors (Lipinski definition) is 1.